The third-order valence-corrected chi connectivity index (χ3v) is 13.0. The van der Waals surface area contributed by atoms with E-state index in [0.29, 0.717) is 0 Å². The molecule has 5 heterocycles. The minimum absolute atomic E-state index is 0.851. The van der Waals surface area contributed by atoms with Gasteiger partial charge in [-0.15, -0.1) is 0 Å². The van der Waals surface area contributed by atoms with Crippen LogP contribution in [0.25, 0.3) is 101 Å². The average Bonchev–Trinajstić information content (AvgIpc) is 3.90. The lowest BCUT2D eigenvalue weighted by Crippen LogP contribution is -2.11. The molecule has 0 saturated heterocycles. The van der Waals surface area contributed by atoms with Crippen molar-refractivity contribution >= 4 is 83.9 Å². The van der Waals surface area contributed by atoms with Gasteiger partial charge in [-0.05, 0) is 91.0 Å². The predicted molar refractivity (Wildman–Crippen MR) is 259 cm³/mol. The van der Waals surface area contributed by atoms with Crippen molar-refractivity contribution in [2.45, 2.75) is 0 Å². The van der Waals surface area contributed by atoms with Crippen LogP contribution in [-0.4, -0.2) is 9.13 Å². The molecule has 5 heteroatoms. The van der Waals surface area contributed by atoms with Crippen LogP contribution in [-0.2, 0) is 0 Å². The lowest BCUT2D eigenvalue weighted by molar-refractivity contribution is 0.482. The highest BCUT2D eigenvalue weighted by Gasteiger charge is 2.31. The maximum absolute atomic E-state index is 6.63. The van der Waals surface area contributed by atoms with Crippen LogP contribution in [0.5, 0.6) is 11.5 Å². The highest BCUT2D eigenvalue weighted by Crippen LogP contribution is 2.54. The molecule has 0 aliphatic carbocycles. The van der Waals surface area contributed by atoms with E-state index in [1.807, 2.05) is 18.2 Å². The predicted octanol–water partition coefficient (Wildman–Crippen LogP) is 16.0. The Hall–Kier alpha value is -8.54. The van der Waals surface area contributed by atoms with Crippen LogP contribution in [0.3, 0.4) is 0 Å². The fourth-order valence-electron chi connectivity index (χ4n) is 10.3. The van der Waals surface area contributed by atoms with Crippen LogP contribution in [0, 0.1) is 0 Å². The number of furan rings is 1. The largest absolute Gasteiger partial charge is 0.456 e. The number of ether oxygens (including phenoxy) is 1. The van der Waals surface area contributed by atoms with Gasteiger partial charge in [-0.2, -0.15) is 0 Å². The highest BCUT2D eigenvalue weighted by molar-refractivity contribution is 6.15. The molecule has 0 N–H and O–H groups in total. The Morgan fingerprint density at radius 3 is 1.75 bits per heavy atom. The first-order chi connectivity index (χ1) is 31.2. The molecule has 0 atom stereocenters. The summed E-state index contributed by atoms with van der Waals surface area (Å²) in [5.74, 6) is 1.71. The third kappa shape index (κ3) is 4.93. The second-order valence-corrected chi connectivity index (χ2v) is 16.5. The zero-order chi connectivity index (χ0) is 41.2. The number of benzene rings is 9. The molecule has 63 heavy (non-hydrogen) atoms. The summed E-state index contributed by atoms with van der Waals surface area (Å²) >= 11 is 0. The molecule has 0 amide bonds. The Bertz CT molecular complexity index is 3900. The number of hydrogen-bond donors (Lipinski definition) is 0. The Morgan fingerprint density at radius 1 is 0.349 bits per heavy atom. The molecule has 3 aromatic heterocycles. The smallest absolute Gasteiger partial charge is 0.135 e. The summed E-state index contributed by atoms with van der Waals surface area (Å²) in [6.45, 7) is 0. The summed E-state index contributed by atoms with van der Waals surface area (Å²) in [7, 11) is 0. The zero-order valence-electron chi connectivity index (χ0n) is 33.9. The van der Waals surface area contributed by atoms with Gasteiger partial charge in [0.05, 0.1) is 33.6 Å². The SMILES string of the molecule is C1=Cc2cc3c(cc2Oc2ccccc21)c1ccccc1n3-c1ccc2oc3ccc(-n4c5c(c6ccccc64)-c4ccccc4N(c4ccccc4)c4ccccc4-5)cc3c2c1. The van der Waals surface area contributed by atoms with Crippen LogP contribution in [0.4, 0.5) is 17.1 Å². The molecule has 2 aliphatic rings. The second-order valence-electron chi connectivity index (χ2n) is 16.5. The fourth-order valence-corrected chi connectivity index (χ4v) is 10.3. The third-order valence-electron chi connectivity index (χ3n) is 13.0. The summed E-state index contributed by atoms with van der Waals surface area (Å²) in [5, 5.41) is 5.65. The number of anilines is 3. The first-order valence-electron chi connectivity index (χ1n) is 21.4. The molecule has 0 spiro atoms. The molecule has 9 aromatic carbocycles. The van der Waals surface area contributed by atoms with Crippen LogP contribution in [0.15, 0.2) is 205 Å². The van der Waals surface area contributed by atoms with Crippen molar-refractivity contribution < 1.29 is 9.15 Å². The molecule has 0 radical (unpaired) electrons. The molecular formula is C58H35N3O2. The van der Waals surface area contributed by atoms with Crippen molar-refractivity contribution in [1.29, 1.82) is 0 Å². The van der Waals surface area contributed by atoms with E-state index >= 15 is 0 Å². The van der Waals surface area contributed by atoms with Crippen molar-refractivity contribution in [1.82, 2.24) is 9.13 Å². The maximum atomic E-state index is 6.63. The minimum atomic E-state index is 0.851. The molecular weight excluding hydrogens is 771 g/mol. The standard InChI is InChI=1S/C58H35N3O2/c1-2-15-38(16-3-1)59-49-22-10-6-18-42(49)57-43-19-7-11-23-50(43)61(58(57)44-20-8-12-24-51(44)59)40-29-31-55-47(34-40)46-33-39(28-30-54(46)63-55)60-48-21-9-5-17-41(48)45-35-56-37(32-52(45)60)27-26-36-14-4-13-25-53(36)62-56/h1-35H. The van der Waals surface area contributed by atoms with Crippen LogP contribution in [0.1, 0.15) is 11.1 Å². The minimum Gasteiger partial charge on any atom is -0.456 e. The molecule has 5 nitrogen and oxygen atoms in total. The van der Waals surface area contributed by atoms with Crippen molar-refractivity contribution in [2.24, 2.45) is 0 Å². The highest BCUT2D eigenvalue weighted by atomic mass is 16.5. The molecule has 0 saturated carbocycles. The van der Waals surface area contributed by atoms with E-state index in [-0.39, 0.29) is 0 Å². The summed E-state index contributed by atoms with van der Waals surface area (Å²) in [5.41, 5.74) is 17.5. The quantitative estimate of drug-likeness (QED) is 0.178. The second kappa shape index (κ2) is 13.0. The Morgan fingerprint density at radius 2 is 0.952 bits per heavy atom. The Kier molecular flexibility index (Phi) is 7.05. The average molecular weight is 806 g/mol. The molecule has 0 bridgehead atoms. The maximum Gasteiger partial charge on any atom is 0.135 e. The van der Waals surface area contributed by atoms with Crippen LogP contribution >= 0.6 is 0 Å². The summed E-state index contributed by atoms with van der Waals surface area (Å²) < 4.78 is 18.0. The van der Waals surface area contributed by atoms with Crippen molar-refractivity contribution in [3.05, 3.63) is 211 Å². The fraction of sp³-hybridized carbons (Fsp3) is 0. The number of rotatable bonds is 3. The normalized spacial score (nSPS) is 12.8. The van der Waals surface area contributed by atoms with E-state index in [4.69, 9.17) is 9.15 Å². The molecule has 294 valence electrons. The van der Waals surface area contributed by atoms with Crippen molar-refractivity contribution in [2.75, 3.05) is 4.90 Å². The summed E-state index contributed by atoms with van der Waals surface area (Å²) in [4.78, 5) is 2.41. The monoisotopic (exact) mass is 805 g/mol. The van der Waals surface area contributed by atoms with Gasteiger partial charge in [-0.1, -0.05) is 121 Å². The Balaban J connectivity index is 0.994. The van der Waals surface area contributed by atoms with E-state index in [0.717, 1.165) is 106 Å². The van der Waals surface area contributed by atoms with Gasteiger partial charge in [-0.3, -0.25) is 0 Å². The molecule has 14 rings (SSSR count). The first-order valence-corrected chi connectivity index (χ1v) is 21.4. The summed E-state index contributed by atoms with van der Waals surface area (Å²) in [6.07, 6.45) is 4.31. The van der Waals surface area contributed by atoms with Gasteiger partial charge in [0.15, 0.2) is 0 Å². The van der Waals surface area contributed by atoms with Gasteiger partial charge in [-0.25, -0.2) is 0 Å². The van der Waals surface area contributed by atoms with Gasteiger partial charge < -0.3 is 23.2 Å². The topological polar surface area (TPSA) is 35.5 Å². The number of hydrogen-bond acceptors (Lipinski definition) is 3. The van der Waals surface area contributed by atoms with Gasteiger partial charge in [0.25, 0.3) is 0 Å². The van der Waals surface area contributed by atoms with Crippen molar-refractivity contribution in [3.63, 3.8) is 0 Å². The lowest BCUT2D eigenvalue weighted by Gasteiger charge is -2.27. The van der Waals surface area contributed by atoms with E-state index < -0.39 is 0 Å². The molecule has 0 unspecified atom stereocenters. The van der Waals surface area contributed by atoms with Crippen LogP contribution in [0.2, 0.25) is 0 Å². The van der Waals surface area contributed by atoms with Gasteiger partial charge in [0, 0.05) is 71.8 Å². The zero-order valence-corrected chi connectivity index (χ0v) is 33.9. The first kappa shape index (κ1) is 34.2. The van der Waals surface area contributed by atoms with Crippen molar-refractivity contribution in [3.8, 4) is 45.3 Å². The molecule has 0 fully saturated rings. The Labute approximate surface area is 362 Å². The van der Waals surface area contributed by atoms with E-state index in [1.165, 1.54) is 21.9 Å². The van der Waals surface area contributed by atoms with E-state index in [1.54, 1.807) is 0 Å². The van der Waals surface area contributed by atoms with E-state index in [2.05, 4.69) is 208 Å². The molecule has 12 aromatic rings. The summed E-state index contributed by atoms with van der Waals surface area (Å²) in [6, 6.07) is 71.7. The van der Waals surface area contributed by atoms with Crippen LogP contribution < -0.4 is 9.64 Å². The van der Waals surface area contributed by atoms with E-state index in [9.17, 15) is 0 Å². The number of nitrogens with zero attached hydrogens (tertiary/aromatic N) is 3. The van der Waals surface area contributed by atoms with Gasteiger partial charge in [0.1, 0.15) is 22.7 Å². The number of fused-ring (bicyclic) bond motifs is 15. The number of aromatic nitrogens is 2. The lowest BCUT2D eigenvalue weighted by atomic mass is 9.98. The van der Waals surface area contributed by atoms with Gasteiger partial charge in [0.2, 0.25) is 0 Å². The van der Waals surface area contributed by atoms with Gasteiger partial charge >= 0.3 is 0 Å². The number of para-hydroxylation sites is 6. The molecule has 2 aliphatic heterocycles.